The molecular weight excluding hydrogens is 452 g/mol. The van der Waals surface area contributed by atoms with E-state index >= 15 is 0 Å². The summed E-state index contributed by atoms with van der Waals surface area (Å²) in [7, 11) is 0. The molecule has 7 heteroatoms. The molecule has 0 radical (unpaired) electrons. The average molecular weight is 480 g/mol. The molecule has 0 bridgehead atoms. The third-order valence-electron chi connectivity index (χ3n) is 6.24. The largest absolute Gasteiger partial charge is 0.491 e. The van der Waals surface area contributed by atoms with Crippen LogP contribution in [0, 0.1) is 11.6 Å². The van der Waals surface area contributed by atoms with Crippen molar-refractivity contribution in [1.29, 1.82) is 0 Å². The van der Waals surface area contributed by atoms with Gasteiger partial charge in [0, 0.05) is 36.0 Å². The summed E-state index contributed by atoms with van der Waals surface area (Å²) in [6.45, 7) is 2.35. The van der Waals surface area contributed by atoms with Crippen LogP contribution in [0.5, 0.6) is 11.5 Å². The Morgan fingerprint density at radius 3 is 2.34 bits per heavy atom. The summed E-state index contributed by atoms with van der Waals surface area (Å²) < 4.78 is 43.8. The normalized spacial score (nSPS) is 15.9. The predicted molar refractivity (Wildman–Crippen MR) is 130 cm³/mol. The highest BCUT2D eigenvalue weighted by Gasteiger charge is 2.22. The molecule has 5 nitrogen and oxygen atoms in total. The highest BCUT2D eigenvalue weighted by molar-refractivity contribution is 5.94. The summed E-state index contributed by atoms with van der Waals surface area (Å²) in [6.07, 6.45) is 2.72. The molecule has 1 saturated heterocycles. The minimum Gasteiger partial charge on any atom is -0.491 e. The molecule has 4 aromatic rings. The Morgan fingerprint density at radius 1 is 0.914 bits per heavy atom. The van der Waals surface area contributed by atoms with Gasteiger partial charge in [-0.2, -0.15) is 0 Å². The topological polar surface area (TPSA) is 55.1 Å². The van der Waals surface area contributed by atoms with Crippen LogP contribution in [0.15, 0.2) is 77.4 Å². The van der Waals surface area contributed by atoms with E-state index in [2.05, 4.69) is 4.90 Å². The monoisotopic (exact) mass is 479 g/mol. The van der Waals surface area contributed by atoms with Gasteiger partial charge in [0.1, 0.15) is 47.7 Å². The highest BCUT2D eigenvalue weighted by atomic mass is 19.1. The fourth-order valence-corrected chi connectivity index (χ4v) is 4.41. The van der Waals surface area contributed by atoms with Gasteiger partial charge in [0.25, 0.3) is 0 Å². The second kappa shape index (κ2) is 10.5. The zero-order chi connectivity index (χ0) is 24.2. The number of ether oxygens (including phenoxy) is 2. The maximum atomic E-state index is 13.4. The van der Waals surface area contributed by atoms with E-state index in [0.717, 1.165) is 42.3 Å². The Balaban J connectivity index is 1.07. The van der Waals surface area contributed by atoms with Gasteiger partial charge in [0.15, 0.2) is 0 Å². The summed E-state index contributed by atoms with van der Waals surface area (Å²) in [4.78, 5) is 2.20. The highest BCUT2D eigenvalue weighted by Crippen LogP contribution is 2.32. The van der Waals surface area contributed by atoms with Gasteiger partial charge >= 0.3 is 0 Å². The van der Waals surface area contributed by atoms with Gasteiger partial charge in [0.05, 0.1) is 6.26 Å². The second-order valence-corrected chi connectivity index (χ2v) is 8.86. The van der Waals surface area contributed by atoms with Crippen molar-refractivity contribution < 1.29 is 27.8 Å². The number of likely N-dealkylation sites (tertiary alicyclic amines) is 1. The van der Waals surface area contributed by atoms with Crippen LogP contribution < -0.4 is 9.47 Å². The molecule has 182 valence electrons. The lowest BCUT2D eigenvalue weighted by Crippen LogP contribution is -2.43. The molecule has 2 heterocycles. The van der Waals surface area contributed by atoms with Crippen LogP contribution >= 0.6 is 0 Å². The van der Waals surface area contributed by atoms with Crippen molar-refractivity contribution in [2.24, 2.45) is 0 Å². The molecule has 5 rings (SSSR count). The molecule has 0 amide bonds. The molecule has 1 aromatic heterocycles. The summed E-state index contributed by atoms with van der Waals surface area (Å²) >= 11 is 0. The number of aliphatic hydroxyl groups excluding tert-OH is 1. The quantitative estimate of drug-likeness (QED) is 0.353. The van der Waals surface area contributed by atoms with Crippen molar-refractivity contribution in [3.63, 3.8) is 0 Å². The molecule has 1 fully saturated rings. The first kappa shape index (κ1) is 23.3. The molecule has 1 aliphatic rings. The van der Waals surface area contributed by atoms with E-state index in [1.54, 1.807) is 24.5 Å². The Bertz CT molecular complexity index is 1250. The zero-order valence-corrected chi connectivity index (χ0v) is 19.2. The minimum absolute atomic E-state index is 0.0916. The lowest BCUT2D eigenvalue weighted by atomic mass is 10.1. The van der Waals surface area contributed by atoms with Crippen LogP contribution in [0.4, 0.5) is 8.78 Å². The number of halogens is 2. The Kier molecular flexibility index (Phi) is 6.97. The van der Waals surface area contributed by atoms with E-state index in [1.165, 1.54) is 24.3 Å². The predicted octanol–water partition coefficient (Wildman–Crippen LogP) is 5.66. The molecule has 0 saturated carbocycles. The van der Waals surface area contributed by atoms with E-state index in [1.807, 2.05) is 24.3 Å². The fraction of sp³-hybridized carbons (Fsp3) is 0.286. The van der Waals surface area contributed by atoms with Gasteiger partial charge in [-0.3, -0.25) is 0 Å². The molecule has 1 atom stereocenters. The summed E-state index contributed by atoms with van der Waals surface area (Å²) in [6, 6.07) is 18.1. The van der Waals surface area contributed by atoms with Crippen LogP contribution in [0.2, 0.25) is 0 Å². The van der Waals surface area contributed by atoms with Gasteiger partial charge in [-0.05, 0) is 79.6 Å². The molecular formula is C28H27F2NO4. The van der Waals surface area contributed by atoms with Crippen LogP contribution in [-0.2, 0) is 0 Å². The number of hydrogen-bond donors (Lipinski definition) is 1. The molecule has 0 unspecified atom stereocenters. The number of piperidine rings is 1. The number of hydrogen-bond acceptors (Lipinski definition) is 5. The Labute approximate surface area is 202 Å². The number of benzene rings is 3. The maximum Gasteiger partial charge on any atom is 0.141 e. The van der Waals surface area contributed by atoms with Gasteiger partial charge in [0.2, 0.25) is 0 Å². The average Bonchev–Trinajstić information content (AvgIpc) is 3.29. The van der Waals surface area contributed by atoms with E-state index in [0.29, 0.717) is 23.8 Å². The third kappa shape index (κ3) is 5.81. The number of furan rings is 1. The SMILES string of the molecule is O[C@H](COc1ccc(-c2occ3cc(F)ccc23)cc1)CN1CCC(Oc2ccc(F)cc2)CC1. The molecule has 35 heavy (non-hydrogen) atoms. The van der Waals surface area contributed by atoms with Crippen LogP contribution in [0.25, 0.3) is 22.1 Å². The number of rotatable bonds is 8. The van der Waals surface area contributed by atoms with Crippen LogP contribution in [0.1, 0.15) is 12.8 Å². The number of fused-ring (bicyclic) bond motifs is 1. The summed E-state index contributed by atoms with van der Waals surface area (Å²) in [5, 5.41) is 12.0. The van der Waals surface area contributed by atoms with Crippen molar-refractivity contribution in [2.45, 2.75) is 25.0 Å². The van der Waals surface area contributed by atoms with Crippen molar-refractivity contribution >= 4 is 10.8 Å². The Morgan fingerprint density at radius 2 is 1.60 bits per heavy atom. The number of aliphatic hydroxyl groups is 1. The fourth-order valence-electron chi connectivity index (χ4n) is 4.41. The van der Waals surface area contributed by atoms with E-state index in [4.69, 9.17) is 13.9 Å². The molecule has 1 N–H and O–H groups in total. The van der Waals surface area contributed by atoms with Crippen molar-refractivity contribution in [3.05, 3.63) is 84.6 Å². The smallest absolute Gasteiger partial charge is 0.141 e. The van der Waals surface area contributed by atoms with Gasteiger partial charge in [-0.1, -0.05) is 0 Å². The summed E-state index contributed by atoms with van der Waals surface area (Å²) in [5.74, 6) is 1.44. The lowest BCUT2D eigenvalue weighted by Gasteiger charge is -2.33. The molecule has 0 spiro atoms. The summed E-state index contributed by atoms with van der Waals surface area (Å²) in [5.41, 5.74) is 0.866. The van der Waals surface area contributed by atoms with Crippen molar-refractivity contribution in [2.75, 3.05) is 26.2 Å². The van der Waals surface area contributed by atoms with Crippen LogP contribution in [0.3, 0.4) is 0 Å². The van der Waals surface area contributed by atoms with Crippen LogP contribution in [-0.4, -0.2) is 48.5 Å². The molecule has 1 aliphatic heterocycles. The zero-order valence-electron chi connectivity index (χ0n) is 19.2. The maximum absolute atomic E-state index is 13.4. The number of nitrogens with zero attached hydrogens (tertiary/aromatic N) is 1. The first-order chi connectivity index (χ1) is 17.0. The van der Waals surface area contributed by atoms with Crippen molar-refractivity contribution in [1.82, 2.24) is 4.90 Å². The van der Waals surface area contributed by atoms with Crippen molar-refractivity contribution in [3.8, 4) is 22.8 Å². The van der Waals surface area contributed by atoms with Gasteiger partial charge in [-0.25, -0.2) is 8.78 Å². The first-order valence-electron chi connectivity index (χ1n) is 11.8. The lowest BCUT2D eigenvalue weighted by molar-refractivity contribution is 0.0401. The standard InChI is InChI=1S/C28H27F2NO4/c29-21-3-8-25(9-4-21)35-26-11-13-31(14-12-26)16-23(32)18-33-24-6-1-19(2-7-24)28-27-10-5-22(30)15-20(27)17-34-28/h1-10,15,17,23,26,32H,11-14,16,18H2/t23-/m0/s1. The minimum atomic E-state index is -0.617. The number of β-amino-alcohol motifs (C(OH)–C–C–N with tert-alkyl or cyclic N) is 1. The van der Waals surface area contributed by atoms with E-state index < -0.39 is 6.10 Å². The molecule has 3 aromatic carbocycles. The third-order valence-corrected chi connectivity index (χ3v) is 6.24. The Hall–Kier alpha value is -3.42. The van der Waals surface area contributed by atoms with Gasteiger partial charge in [-0.15, -0.1) is 0 Å². The van der Waals surface area contributed by atoms with E-state index in [-0.39, 0.29) is 24.3 Å². The van der Waals surface area contributed by atoms with Gasteiger partial charge < -0.3 is 23.9 Å². The first-order valence-corrected chi connectivity index (χ1v) is 11.8. The second-order valence-electron chi connectivity index (χ2n) is 8.86. The van der Waals surface area contributed by atoms with E-state index in [9.17, 15) is 13.9 Å². The molecule has 0 aliphatic carbocycles.